The number of anilines is 1. The van der Waals surface area contributed by atoms with Crippen LogP contribution in [0.4, 0.5) is 5.69 Å². The molecule has 186 valence electrons. The van der Waals surface area contributed by atoms with Gasteiger partial charge in [-0.25, -0.2) is 8.42 Å². The van der Waals surface area contributed by atoms with Crippen LogP contribution in [0.3, 0.4) is 0 Å². The number of nitrogens with one attached hydrogen (secondary N) is 1. The fourth-order valence-electron chi connectivity index (χ4n) is 3.70. The van der Waals surface area contributed by atoms with Gasteiger partial charge in [-0.2, -0.15) is 0 Å². The van der Waals surface area contributed by atoms with Crippen molar-refractivity contribution >= 4 is 27.5 Å². The van der Waals surface area contributed by atoms with E-state index >= 15 is 0 Å². The number of benzene rings is 2. The number of carbonyl (C=O) groups excluding carboxylic acids is 2. The van der Waals surface area contributed by atoms with E-state index in [4.69, 9.17) is 0 Å². The Hall–Kier alpha value is -2.87. The number of hydrogen-bond donors (Lipinski definition) is 1. The standard InChI is InChI=1S/C26H37N3O4S/c1-6-17-27-26(31)24(7-2)28(18-21-11-9-8-10-12-21)25(30)19-29(34(5,32)33)23-15-13-22(14-16-23)20(3)4/h8-16,20,24H,6-7,17-19H2,1-5H3,(H,27,31)/t24-/m1/s1. The summed E-state index contributed by atoms with van der Waals surface area (Å²) in [7, 11) is -3.73. The smallest absolute Gasteiger partial charge is 0.244 e. The number of nitrogens with zero attached hydrogens (tertiary/aromatic N) is 2. The average molecular weight is 488 g/mol. The highest BCUT2D eigenvalue weighted by Crippen LogP contribution is 2.23. The van der Waals surface area contributed by atoms with Gasteiger partial charge in [-0.1, -0.05) is 70.2 Å². The molecule has 2 aromatic carbocycles. The quantitative estimate of drug-likeness (QED) is 0.492. The first-order chi connectivity index (χ1) is 16.1. The molecule has 0 fully saturated rings. The van der Waals surface area contributed by atoms with E-state index in [1.165, 1.54) is 4.90 Å². The first-order valence-corrected chi connectivity index (χ1v) is 13.6. The summed E-state index contributed by atoms with van der Waals surface area (Å²) in [5.74, 6) is -0.364. The first-order valence-electron chi connectivity index (χ1n) is 11.8. The van der Waals surface area contributed by atoms with Gasteiger partial charge in [0.05, 0.1) is 11.9 Å². The zero-order valence-corrected chi connectivity index (χ0v) is 21.6. The Labute approximate surface area is 204 Å². The molecule has 1 atom stereocenters. The van der Waals surface area contributed by atoms with E-state index in [1.54, 1.807) is 12.1 Å². The number of carbonyl (C=O) groups is 2. The molecule has 1 N–H and O–H groups in total. The highest BCUT2D eigenvalue weighted by Gasteiger charge is 2.31. The van der Waals surface area contributed by atoms with Crippen molar-refractivity contribution in [2.75, 3.05) is 23.7 Å². The van der Waals surface area contributed by atoms with Gasteiger partial charge in [-0.3, -0.25) is 13.9 Å². The van der Waals surface area contributed by atoms with Gasteiger partial charge < -0.3 is 10.2 Å². The van der Waals surface area contributed by atoms with Gasteiger partial charge in [0.25, 0.3) is 0 Å². The van der Waals surface area contributed by atoms with Gasteiger partial charge >= 0.3 is 0 Å². The Morgan fingerprint density at radius 2 is 1.59 bits per heavy atom. The Bertz CT molecular complexity index is 1040. The van der Waals surface area contributed by atoms with Crippen LogP contribution in [0.25, 0.3) is 0 Å². The van der Waals surface area contributed by atoms with E-state index in [0.717, 1.165) is 28.1 Å². The second kappa shape index (κ2) is 12.6. The Morgan fingerprint density at radius 3 is 2.09 bits per heavy atom. The number of rotatable bonds is 12. The fourth-order valence-corrected chi connectivity index (χ4v) is 4.55. The summed E-state index contributed by atoms with van der Waals surface area (Å²) >= 11 is 0. The molecule has 2 rings (SSSR count). The van der Waals surface area contributed by atoms with Crippen LogP contribution >= 0.6 is 0 Å². The second-order valence-electron chi connectivity index (χ2n) is 8.74. The summed E-state index contributed by atoms with van der Waals surface area (Å²) in [6, 6.07) is 15.9. The Morgan fingerprint density at radius 1 is 0.971 bits per heavy atom. The van der Waals surface area contributed by atoms with Crippen molar-refractivity contribution in [3.8, 4) is 0 Å². The van der Waals surface area contributed by atoms with Crippen molar-refractivity contribution in [2.45, 2.75) is 59.0 Å². The van der Waals surface area contributed by atoms with Gasteiger partial charge in [-0.05, 0) is 42.0 Å². The molecule has 0 saturated heterocycles. The van der Waals surface area contributed by atoms with E-state index < -0.39 is 22.0 Å². The molecular weight excluding hydrogens is 450 g/mol. The zero-order chi connectivity index (χ0) is 25.3. The lowest BCUT2D eigenvalue weighted by molar-refractivity contribution is -0.140. The van der Waals surface area contributed by atoms with Gasteiger partial charge in [0.2, 0.25) is 21.8 Å². The summed E-state index contributed by atoms with van der Waals surface area (Å²) in [6.45, 7) is 8.26. The maximum absolute atomic E-state index is 13.6. The SMILES string of the molecule is CCCNC(=O)[C@@H](CC)N(Cc1ccccc1)C(=O)CN(c1ccc(C(C)C)cc1)S(C)(=O)=O. The maximum Gasteiger partial charge on any atom is 0.244 e. The van der Waals surface area contributed by atoms with E-state index in [2.05, 4.69) is 19.2 Å². The Balaban J connectivity index is 2.39. The molecule has 0 radical (unpaired) electrons. The molecule has 0 unspecified atom stereocenters. The van der Waals surface area contributed by atoms with Gasteiger partial charge in [0, 0.05) is 13.1 Å². The molecule has 34 heavy (non-hydrogen) atoms. The summed E-state index contributed by atoms with van der Waals surface area (Å²) in [6.07, 6.45) is 2.28. The van der Waals surface area contributed by atoms with E-state index in [9.17, 15) is 18.0 Å². The minimum Gasteiger partial charge on any atom is -0.354 e. The minimum atomic E-state index is -3.73. The maximum atomic E-state index is 13.6. The van der Waals surface area contributed by atoms with Crippen molar-refractivity contribution in [1.29, 1.82) is 0 Å². The zero-order valence-electron chi connectivity index (χ0n) is 20.8. The van der Waals surface area contributed by atoms with Crippen LogP contribution in [-0.4, -0.2) is 50.5 Å². The van der Waals surface area contributed by atoms with Crippen LogP contribution in [0, 0.1) is 0 Å². The predicted octanol–water partition coefficient (Wildman–Crippen LogP) is 3.91. The molecule has 0 aromatic heterocycles. The molecule has 2 amide bonds. The fraction of sp³-hybridized carbons (Fsp3) is 0.462. The van der Waals surface area contributed by atoms with E-state index in [-0.39, 0.29) is 19.0 Å². The summed E-state index contributed by atoms with van der Waals surface area (Å²) in [4.78, 5) is 27.9. The van der Waals surface area contributed by atoms with Crippen molar-refractivity contribution < 1.29 is 18.0 Å². The third-order valence-corrected chi connectivity index (χ3v) is 6.80. The third-order valence-electron chi connectivity index (χ3n) is 5.66. The summed E-state index contributed by atoms with van der Waals surface area (Å²) in [5.41, 5.74) is 2.36. The number of sulfonamides is 1. The average Bonchev–Trinajstić information content (AvgIpc) is 2.80. The first kappa shape index (κ1) is 27.4. The molecule has 8 heteroatoms. The van der Waals surface area contributed by atoms with Crippen molar-refractivity contribution in [1.82, 2.24) is 10.2 Å². The van der Waals surface area contributed by atoms with E-state index in [0.29, 0.717) is 24.6 Å². The lowest BCUT2D eigenvalue weighted by atomic mass is 10.0. The molecule has 0 aliphatic carbocycles. The van der Waals surface area contributed by atoms with Crippen LogP contribution in [0.2, 0.25) is 0 Å². The van der Waals surface area contributed by atoms with Crippen LogP contribution < -0.4 is 9.62 Å². The van der Waals surface area contributed by atoms with Crippen LogP contribution in [0.15, 0.2) is 54.6 Å². The van der Waals surface area contributed by atoms with Crippen LogP contribution in [0.1, 0.15) is 57.6 Å². The minimum absolute atomic E-state index is 0.210. The monoisotopic (exact) mass is 487 g/mol. The topological polar surface area (TPSA) is 86.8 Å². The molecule has 0 saturated carbocycles. The predicted molar refractivity (Wildman–Crippen MR) is 137 cm³/mol. The molecule has 0 aliphatic heterocycles. The Kier molecular flexibility index (Phi) is 10.1. The van der Waals surface area contributed by atoms with E-state index in [1.807, 2.05) is 56.3 Å². The summed E-state index contributed by atoms with van der Waals surface area (Å²) in [5, 5.41) is 2.87. The normalized spacial score (nSPS) is 12.3. The molecular formula is C26H37N3O4S. The summed E-state index contributed by atoms with van der Waals surface area (Å²) < 4.78 is 26.4. The molecule has 0 spiro atoms. The highest BCUT2D eigenvalue weighted by atomic mass is 32.2. The molecule has 2 aromatic rings. The van der Waals surface area contributed by atoms with Gasteiger partial charge in [-0.15, -0.1) is 0 Å². The van der Waals surface area contributed by atoms with Crippen molar-refractivity contribution in [2.24, 2.45) is 0 Å². The molecule has 0 aliphatic rings. The van der Waals surface area contributed by atoms with Gasteiger partial charge in [0.1, 0.15) is 12.6 Å². The number of hydrogen-bond acceptors (Lipinski definition) is 4. The van der Waals surface area contributed by atoms with Crippen molar-refractivity contribution in [3.63, 3.8) is 0 Å². The van der Waals surface area contributed by atoms with Crippen LogP contribution in [-0.2, 0) is 26.2 Å². The molecule has 0 heterocycles. The lowest BCUT2D eigenvalue weighted by Crippen LogP contribution is -2.52. The van der Waals surface area contributed by atoms with Crippen LogP contribution in [0.5, 0.6) is 0 Å². The largest absolute Gasteiger partial charge is 0.354 e. The molecule has 7 nitrogen and oxygen atoms in total. The number of amides is 2. The third kappa shape index (κ3) is 7.58. The van der Waals surface area contributed by atoms with Gasteiger partial charge in [0.15, 0.2) is 0 Å². The van der Waals surface area contributed by atoms with Crippen molar-refractivity contribution in [3.05, 3.63) is 65.7 Å². The lowest BCUT2D eigenvalue weighted by Gasteiger charge is -2.33. The highest BCUT2D eigenvalue weighted by molar-refractivity contribution is 7.92. The second-order valence-corrected chi connectivity index (χ2v) is 10.6. The molecule has 0 bridgehead atoms.